The largest absolute Gasteiger partial charge is 0.497 e. The number of carbonyl (C=O) groups excluding carboxylic acids is 1. The zero-order valence-corrected chi connectivity index (χ0v) is 17.5. The van der Waals surface area contributed by atoms with Gasteiger partial charge in [-0.1, -0.05) is 5.16 Å². The summed E-state index contributed by atoms with van der Waals surface area (Å²) in [5, 5.41) is 16.2. The van der Waals surface area contributed by atoms with E-state index in [9.17, 15) is 14.7 Å². The number of hydrogen-bond donors (Lipinski definition) is 2. The molecule has 1 atom stereocenters. The number of ether oxygens (including phenoxy) is 1. The molecular weight excluding hydrogens is 402 g/mol. The standard InChI is InChI=1S/C21H27N5O5/c1-30-17-6-4-14(5-7-17)18-23-20(31-24-18)25-11-8-15(9-12-25)19(27)22-13-16-3-2-10-26(16)21(28)29/h4-7,15-16H,2-3,8-13H2,1H3,(H,22,27)(H,28,29)/t16-/m1/s1. The van der Waals surface area contributed by atoms with E-state index in [4.69, 9.17) is 9.26 Å². The van der Waals surface area contributed by atoms with Gasteiger partial charge in [0.15, 0.2) is 0 Å². The van der Waals surface area contributed by atoms with E-state index < -0.39 is 6.09 Å². The highest BCUT2D eigenvalue weighted by atomic mass is 16.5. The number of carboxylic acid groups (broad SMARTS) is 1. The number of aromatic nitrogens is 2. The molecule has 0 radical (unpaired) electrons. The van der Waals surface area contributed by atoms with Crippen LogP contribution in [0.15, 0.2) is 28.8 Å². The Bertz CT molecular complexity index is 907. The van der Waals surface area contributed by atoms with E-state index in [0.29, 0.717) is 50.9 Å². The lowest BCUT2D eigenvalue weighted by molar-refractivity contribution is -0.125. The van der Waals surface area contributed by atoms with Crippen LogP contribution >= 0.6 is 0 Å². The Balaban J connectivity index is 1.27. The molecule has 2 aliphatic heterocycles. The molecule has 0 spiro atoms. The molecule has 1 aromatic heterocycles. The number of anilines is 1. The highest BCUT2D eigenvalue weighted by Crippen LogP contribution is 2.26. The second-order valence-corrected chi connectivity index (χ2v) is 7.91. The number of piperidine rings is 1. The van der Waals surface area contributed by atoms with Crippen LogP contribution in [0.2, 0.25) is 0 Å². The summed E-state index contributed by atoms with van der Waals surface area (Å²) in [6, 6.07) is 7.76. The smallest absolute Gasteiger partial charge is 0.407 e. The highest BCUT2D eigenvalue weighted by molar-refractivity contribution is 5.79. The van der Waals surface area contributed by atoms with Crippen molar-refractivity contribution in [3.63, 3.8) is 0 Å². The third kappa shape index (κ3) is 4.73. The number of nitrogens with zero attached hydrogens (tertiary/aromatic N) is 4. The van der Waals surface area contributed by atoms with Crippen LogP contribution in [0.4, 0.5) is 10.8 Å². The molecular formula is C21H27N5O5. The minimum absolute atomic E-state index is 0.0126. The third-order valence-electron chi connectivity index (χ3n) is 6.03. The molecule has 10 nitrogen and oxygen atoms in total. The molecule has 3 heterocycles. The van der Waals surface area contributed by atoms with Crippen molar-refractivity contribution in [3.05, 3.63) is 24.3 Å². The molecule has 31 heavy (non-hydrogen) atoms. The van der Waals surface area contributed by atoms with Crippen LogP contribution in [-0.4, -0.2) is 71.5 Å². The average molecular weight is 429 g/mol. The molecule has 166 valence electrons. The Morgan fingerprint density at radius 1 is 1.19 bits per heavy atom. The summed E-state index contributed by atoms with van der Waals surface area (Å²) < 4.78 is 10.6. The van der Waals surface area contributed by atoms with Crippen LogP contribution in [0.25, 0.3) is 11.4 Å². The van der Waals surface area contributed by atoms with Crippen molar-refractivity contribution in [2.24, 2.45) is 5.92 Å². The number of nitrogens with one attached hydrogen (secondary N) is 1. The van der Waals surface area contributed by atoms with E-state index >= 15 is 0 Å². The summed E-state index contributed by atoms with van der Waals surface area (Å²) in [7, 11) is 1.62. The number of likely N-dealkylation sites (tertiary alicyclic amines) is 1. The second-order valence-electron chi connectivity index (χ2n) is 7.91. The maximum Gasteiger partial charge on any atom is 0.407 e. The van der Waals surface area contributed by atoms with Gasteiger partial charge in [0.1, 0.15) is 5.75 Å². The van der Waals surface area contributed by atoms with E-state index in [0.717, 1.165) is 24.2 Å². The Morgan fingerprint density at radius 3 is 2.61 bits per heavy atom. The van der Waals surface area contributed by atoms with Crippen molar-refractivity contribution in [1.29, 1.82) is 0 Å². The lowest BCUT2D eigenvalue weighted by Gasteiger charge is -2.30. The second kappa shape index (κ2) is 9.23. The minimum Gasteiger partial charge on any atom is -0.497 e. The highest BCUT2D eigenvalue weighted by Gasteiger charge is 2.31. The maximum absolute atomic E-state index is 12.6. The first-order valence-electron chi connectivity index (χ1n) is 10.6. The van der Waals surface area contributed by atoms with Crippen LogP contribution in [0.5, 0.6) is 5.75 Å². The van der Waals surface area contributed by atoms with Crippen LogP contribution in [0.1, 0.15) is 25.7 Å². The summed E-state index contributed by atoms with van der Waals surface area (Å²) in [5.41, 5.74) is 0.840. The van der Waals surface area contributed by atoms with Gasteiger partial charge < -0.3 is 29.5 Å². The normalized spacial score (nSPS) is 19.5. The number of hydrogen-bond acceptors (Lipinski definition) is 7. The van der Waals surface area contributed by atoms with Gasteiger partial charge in [0.2, 0.25) is 11.7 Å². The fourth-order valence-corrected chi connectivity index (χ4v) is 4.20. The summed E-state index contributed by atoms with van der Waals surface area (Å²) >= 11 is 0. The molecule has 2 amide bonds. The molecule has 0 aliphatic carbocycles. The van der Waals surface area contributed by atoms with Crippen molar-refractivity contribution < 1.29 is 24.0 Å². The third-order valence-corrected chi connectivity index (χ3v) is 6.03. The number of rotatable bonds is 6. The van der Waals surface area contributed by atoms with Gasteiger partial charge in [0.05, 0.1) is 13.2 Å². The summed E-state index contributed by atoms with van der Waals surface area (Å²) in [4.78, 5) is 31.7. The van der Waals surface area contributed by atoms with Crippen molar-refractivity contribution in [2.75, 3.05) is 38.2 Å². The number of amides is 2. The SMILES string of the molecule is COc1ccc(-c2noc(N3CCC(C(=O)NC[C@H]4CCCN4C(=O)O)CC3)n2)cc1. The first-order chi connectivity index (χ1) is 15.0. The Hall–Kier alpha value is -3.30. The Morgan fingerprint density at radius 2 is 1.94 bits per heavy atom. The van der Waals surface area contributed by atoms with Gasteiger partial charge in [0.25, 0.3) is 0 Å². The molecule has 0 saturated carbocycles. The van der Waals surface area contributed by atoms with Gasteiger partial charge in [-0.25, -0.2) is 4.79 Å². The van der Waals surface area contributed by atoms with E-state index in [1.807, 2.05) is 29.2 Å². The van der Waals surface area contributed by atoms with Crippen LogP contribution < -0.4 is 15.0 Å². The topological polar surface area (TPSA) is 121 Å². The van der Waals surface area contributed by atoms with Crippen molar-refractivity contribution >= 4 is 18.0 Å². The maximum atomic E-state index is 12.6. The van der Waals surface area contributed by atoms with Gasteiger partial charge in [-0.3, -0.25) is 4.79 Å². The molecule has 10 heteroatoms. The minimum atomic E-state index is -0.918. The van der Waals surface area contributed by atoms with Gasteiger partial charge in [0, 0.05) is 37.7 Å². The predicted molar refractivity (Wildman–Crippen MR) is 112 cm³/mol. The van der Waals surface area contributed by atoms with Crippen molar-refractivity contribution in [2.45, 2.75) is 31.7 Å². The Labute approximate surface area is 180 Å². The quantitative estimate of drug-likeness (QED) is 0.717. The molecule has 2 saturated heterocycles. The van der Waals surface area contributed by atoms with Crippen LogP contribution in [0, 0.1) is 5.92 Å². The van der Waals surface area contributed by atoms with Crippen molar-refractivity contribution in [1.82, 2.24) is 20.4 Å². The molecule has 2 fully saturated rings. The van der Waals surface area contributed by atoms with Crippen molar-refractivity contribution in [3.8, 4) is 17.1 Å². The summed E-state index contributed by atoms with van der Waals surface area (Å²) in [6.45, 7) is 2.21. The predicted octanol–water partition coefficient (Wildman–Crippen LogP) is 2.22. The van der Waals surface area contributed by atoms with E-state index in [1.54, 1.807) is 7.11 Å². The van der Waals surface area contributed by atoms with Gasteiger partial charge >= 0.3 is 12.1 Å². The molecule has 2 N–H and O–H groups in total. The fraction of sp³-hybridized carbons (Fsp3) is 0.524. The first-order valence-corrected chi connectivity index (χ1v) is 10.6. The lowest BCUT2D eigenvalue weighted by Crippen LogP contribution is -2.46. The zero-order chi connectivity index (χ0) is 21.8. The molecule has 0 bridgehead atoms. The van der Waals surface area contributed by atoms with Crippen LogP contribution in [-0.2, 0) is 4.79 Å². The molecule has 2 aromatic rings. The Kier molecular flexibility index (Phi) is 6.24. The van der Waals surface area contributed by atoms with Gasteiger partial charge in [-0.15, -0.1) is 0 Å². The molecule has 1 aromatic carbocycles. The first kappa shape index (κ1) is 21.0. The average Bonchev–Trinajstić information content (AvgIpc) is 3.48. The lowest BCUT2D eigenvalue weighted by atomic mass is 9.96. The number of carbonyl (C=O) groups is 2. The van der Waals surface area contributed by atoms with E-state index in [-0.39, 0.29) is 17.9 Å². The van der Waals surface area contributed by atoms with Gasteiger partial charge in [-0.2, -0.15) is 4.98 Å². The van der Waals surface area contributed by atoms with E-state index in [1.165, 1.54) is 4.90 Å². The van der Waals surface area contributed by atoms with E-state index in [2.05, 4.69) is 15.5 Å². The number of methoxy groups -OCH3 is 1. The zero-order valence-electron chi connectivity index (χ0n) is 17.5. The van der Waals surface area contributed by atoms with Crippen LogP contribution in [0.3, 0.4) is 0 Å². The fourth-order valence-electron chi connectivity index (χ4n) is 4.20. The summed E-state index contributed by atoms with van der Waals surface area (Å²) in [6.07, 6.45) is 2.07. The molecule has 2 aliphatic rings. The molecule has 0 unspecified atom stereocenters. The summed E-state index contributed by atoms with van der Waals surface area (Å²) in [5.74, 6) is 1.16. The van der Waals surface area contributed by atoms with Gasteiger partial charge in [-0.05, 0) is 49.9 Å². The molecule has 4 rings (SSSR count). The monoisotopic (exact) mass is 429 g/mol. The number of benzene rings is 1.